The summed E-state index contributed by atoms with van der Waals surface area (Å²) < 4.78 is 38.9. The van der Waals surface area contributed by atoms with E-state index in [1.807, 2.05) is 0 Å². The van der Waals surface area contributed by atoms with Gasteiger partial charge in [-0.15, -0.1) is 0 Å². The molecule has 0 saturated heterocycles. The van der Waals surface area contributed by atoms with Gasteiger partial charge in [0.1, 0.15) is 5.52 Å². The van der Waals surface area contributed by atoms with Crippen molar-refractivity contribution in [1.82, 2.24) is 14.6 Å². The van der Waals surface area contributed by atoms with Crippen LogP contribution in [0.1, 0.15) is 25.0 Å². The maximum absolute atomic E-state index is 12.6. The summed E-state index contributed by atoms with van der Waals surface area (Å²) in [4.78, 5) is 14.3. The van der Waals surface area contributed by atoms with E-state index in [2.05, 4.69) is 15.4 Å². The Morgan fingerprint density at radius 2 is 2.14 bits per heavy atom. The summed E-state index contributed by atoms with van der Waals surface area (Å²) in [7, 11) is 0. The molecular formula is C12H13F3N4O2. The number of aliphatic carboxylic acids is 1. The number of alkyl halides is 3. The first-order valence-corrected chi connectivity index (χ1v) is 6.25. The van der Waals surface area contributed by atoms with E-state index in [9.17, 15) is 18.0 Å². The topological polar surface area (TPSA) is 79.5 Å². The van der Waals surface area contributed by atoms with Crippen LogP contribution in [0, 0.1) is 0 Å². The largest absolute Gasteiger partial charge is 0.481 e. The maximum Gasteiger partial charge on any atom is 0.435 e. The lowest BCUT2D eigenvalue weighted by molar-refractivity contribution is -0.141. The Bertz CT molecular complexity index is 639. The monoisotopic (exact) mass is 302 g/mol. The van der Waals surface area contributed by atoms with E-state index in [1.54, 1.807) is 0 Å². The van der Waals surface area contributed by atoms with E-state index in [1.165, 1.54) is 12.4 Å². The van der Waals surface area contributed by atoms with Gasteiger partial charge in [0.2, 0.25) is 0 Å². The number of carbonyl (C=O) groups is 1. The van der Waals surface area contributed by atoms with Gasteiger partial charge >= 0.3 is 12.1 Å². The quantitative estimate of drug-likeness (QED) is 0.801. The molecule has 2 aromatic heterocycles. The highest BCUT2D eigenvalue weighted by molar-refractivity contribution is 5.68. The Morgan fingerprint density at radius 1 is 1.38 bits per heavy atom. The third-order valence-corrected chi connectivity index (χ3v) is 2.79. The van der Waals surface area contributed by atoms with Crippen molar-refractivity contribution in [2.45, 2.75) is 25.4 Å². The molecule has 0 fully saturated rings. The predicted octanol–water partition coefficient (Wildman–Crippen LogP) is 2.41. The van der Waals surface area contributed by atoms with Gasteiger partial charge in [0.25, 0.3) is 0 Å². The van der Waals surface area contributed by atoms with E-state index < -0.39 is 17.8 Å². The summed E-state index contributed by atoms with van der Waals surface area (Å²) in [5.74, 6) is -0.586. The number of nitrogens with one attached hydrogen (secondary N) is 1. The van der Waals surface area contributed by atoms with Gasteiger partial charge in [0.05, 0.1) is 0 Å². The fourth-order valence-corrected chi connectivity index (χ4v) is 1.80. The summed E-state index contributed by atoms with van der Waals surface area (Å²) in [5, 5.41) is 14.8. The molecule has 0 atom stereocenters. The molecule has 2 heterocycles. The number of rotatable bonds is 6. The van der Waals surface area contributed by atoms with Gasteiger partial charge < -0.3 is 10.4 Å². The molecule has 0 aromatic carbocycles. The molecule has 9 heteroatoms. The molecule has 2 rings (SSSR count). The summed E-state index contributed by atoms with van der Waals surface area (Å²) >= 11 is 0. The summed E-state index contributed by atoms with van der Waals surface area (Å²) in [6.07, 6.45) is -0.706. The van der Waals surface area contributed by atoms with Crippen LogP contribution in [-0.2, 0) is 11.0 Å². The second-order valence-electron chi connectivity index (χ2n) is 4.41. The van der Waals surface area contributed by atoms with Crippen LogP contribution in [0.3, 0.4) is 0 Å². The summed E-state index contributed by atoms with van der Waals surface area (Å²) in [6, 6.07) is 0.923. The van der Waals surface area contributed by atoms with Crippen molar-refractivity contribution in [3.63, 3.8) is 0 Å². The number of anilines is 1. The number of unbranched alkanes of at least 4 members (excludes halogenated alkanes) is 1. The van der Waals surface area contributed by atoms with Crippen LogP contribution in [0.4, 0.5) is 19.0 Å². The number of halogens is 3. The molecule has 0 aliphatic heterocycles. The minimum absolute atomic E-state index is 0.0597. The molecule has 0 aliphatic carbocycles. The van der Waals surface area contributed by atoms with Gasteiger partial charge in [0.15, 0.2) is 11.5 Å². The molecular weight excluding hydrogens is 289 g/mol. The number of fused-ring (bicyclic) bond motifs is 1. The van der Waals surface area contributed by atoms with Gasteiger partial charge in [-0.05, 0) is 12.8 Å². The fraction of sp³-hybridized carbons (Fsp3) is 0.417. The maximum atomic E-state index is 12.6. The van der Waals surface area contributed by atoms with E-state index in [0.29, 0.717) is 19.4 Å². The molecule has 0 saturated carbocycles. The average molecular weight is 302 g/mol. The van der Waals surface area contributed by atoms with Crippen molar-refractivity contribution in [3.8, 4) is 0 Å². The molecule has 0 amide bonds. The average Bonchev–Trinajstić information content (AvgIpc) is 2.82. The number of hydrogen-bond donors (Lipinski definition) is 2. The second-order valence-corrected chi connectivity index (χ2v) is 4.41. The van der Waals surface area contributed by atoms with Crippen molar-refractivity contribution < 1.29 is 23.1 Å². The first-order valence-electron chi connectivity index (χ1n) is 6.25. The van der Waals surface area contributed by atoms with Crippen LogP contribution < -0.4 is 5.32 Å². The summed E-state index contributed by atoms with van der Waals surface area (Å²) in [5.41, 5.74) is -0.757. The lowest BCUT2D eigenvalue weighted by atomic mass is 10.2. The minimum Gasteiger partial charge on any atom is -0.481 e. The molecule has 0 unspecified atom stereocenters. The van der Waals surface area contributed by atoms with Crippen LogP contribution in [0.15, 0.2) is 18.5 Å². The van der Waals surface area contributed by atoms with Crippen LogP contribution >= 0.6 is 0 Å². The van der Waals surface area contributed by atoms with Gasteiger partial charge in [0, 0.05) is 31.4 Å². The van der Waals surface area contributed by atoms with E-state index in [4.69, 9.17) is 5.11 Å². The molecule has 2 N–H and O–H groups in total. The van der Waals surface area contributed by atoms with Crippen molar-refractivity contribution in [3.05, 3.63) is 24.2 Å². The number of carboxylic acid groups (broad SMARTS) is 1. The number of nitrogens with zero attached hydrogens (tertiary/aromatic N) is 3. The lowest BCUT2D eigenvalue weighted by Crippen LogP contribution is -2.06. The molecule has 0 aliphatic rings. The SMILES string of the molecule is O=C(O)CCCCNc1nccn2nc(C(F)(F)F)cc12. The zero-order valence-electron chi connectivity index (χ0n) is 10.9. The highest BCUT2D eigenvalue weighted by Gasteiger charge is 2.34. The molecule has 114 valence electrons. The Labute approximate surface area is 117 Å². The zero-order chi connectivity index (χ0) is 15.5. The van der Waals surface area contributed by atoms with E-state index in [-0.39, 0.29) is 17.8 Å². The summed E-state index contributed by atoms with van der Waals surface area (Å²) in [6.45, 7) is 0.423. The Kier molecular flexibility index (Phi) is 4.29. The van der Waals surface area contributed by atoms with Gasteiger partial charge in [-0.25, -0.2) is 9.50 Å². The standard InChI is InChI=1S/C12H13F3N4O2/c13-12(14,15)9-7-8-11(17-5-6-19(8)18-9)16-4-2-1-3-10(20)21/h5-7H,1-4H2,(H,16,17)(H,20,21). The normalized spacial score (nSPS) is 11.8. The minimum atomic E-state index is -4.51. The van der Waals surface area contributed by atoms with Crippen LogP contribution in [0.2, 0.25) is 0 Å². The molecule has 2 aromatic rings. The van der Waals surface area contributed by atoms with Crippen LogP contribution in [0.25, 0.3) is 5.52 Å². The second kappa shape index (κ2) is 5.98. The van der Waals surface area contributed by atoms with Crippen molar-refractivity contribution in [1.29, 1.82) is 0 Å². The smallest absolute Gasteiger partial charge is 0.435 e. The third kappa shape index (κ3) is 3.83. The van der Waals surface area contributed by atoms with Gasteiger partial charge in [-0.2, -0.15) is 18.3 Å². The van der Waals surface area contributed by atoms with Gasteiger partial charge in [-0.3, -0.25) is 4.79 Å². The third-order valence-electron chi connectivity index (χ3n) is 2.79. The van der Waals surface area contributed by atoms with Crippen LogP contribution in [0.5, 0.6) is 0 Å². The Balaban J connectivity index is 2.06. The Morgan fingerprint density at radius 3 is 2.81 bits per heavy atom. The van der Waals surface area contributed by atoms with E-state index in [0.717, 1.165) is 10.6 Å². The zero-order valence-corrected chi connectivity index (χ0v) is 10.9. The fourth-order valence-electron chi connectivity index (χ4n) is 1.80. The molecule has 6 nitrogen and oxygen atoms in total. The van der Waals surface area contributed by atoms with Crippen molar-refractivity contribution in [2.24, 2.45) is 0 Å². The molecule has 21 heavy (non-hydrogen) atoms. The number of hydrogen-bond acceptors (Lipinski definition) is 4. The highest BCUT2D eigenvalue weighted by Crippen LogP contribution is 2.29. The molecule has 0 spiro atoms. The first kappa shape index (κ1) is 15.1. The Hall–Kier alpha value is -2.32. The van der Waals surface area contributed by atoms with Crippen molar-refractivity contribution >= 4 is 17.3 Å². The first-order chi connectivity index (χ1) is 9.88. The molecule has 0 bridgehead atoms. The van der Waals surface area contributed by atoms with Crippen LogP contribution in [-0.4, -0.2) is 32.2 Å². The van der Waals surface area contributed by atoms with Crippen molar-refractivity contribution in [2.75, 3.05) is 11.9 Å². The highest BCUT2D eigenvalue weighted by atomic mass is 19.4. The lowest BCUT2D eigenvalue weighted by Gasteiger charge is -2.05. The number of aromatic nitrogens is 3. The van der Waals surface area contributed by atoms with Gasteiger partial charge in [-0.1, -0.05) is 0 Å². The van der Waals surface area contributed by atoms with E-state index >= 15 is 0 Å². The predicted molar refractivity (Wildman–Crippen MR) is 68.0 cm³/mol. The number of carboxylic acids is 1. The molecule has 0 radical (unpaired) electrons.